The minimum Gasteiger partial charge on any atom is -0.0616 e. The number of benzene rings is 3. The van der Waals surface area contributed by atoms with Gasteiger partial charge in [-0.15, -0.1) is 0 Å². The van der Waals surface area contributed by atoms with E-state index in [1.165, 1.54) is 27.1 Å². The van der Waals surface area contributed by atoms with Gasteiger partial charge in [0.1, 0.15) is 0 Å². The molecule has 16 heavy (non-hydrogen) atoms. The van der Waals surface area contributed by atoms with Gasteiger partial charge in [0.25, 0.3) is 0 Å². The van der Waals surface area contributed by atoms with Gasteiger partial charge in [0.05, 0.1) is 0 Å². The summed E-state index contributed by atoms with van der Waals surface area (Å²) in [6.45, 7) is 2.22. The quantitative estimate of drug-likeness (QED) is 0.518. The molecule has 0 bridgehead atoms. The second kappa shape index (κ2) is 3.64. The first-order chi connectivity index (χ1) is 7.90. The fourth-order valence-electron chi connectivity index (χ4n) is 2.42. The number of rotatable bonds is 1. The lowest BCUT2D eigenvalue weighted by molar-refractivity contribution is 1.18. The van der Waals surface area contributed by atoms with E-state index in [0.717, 1.165) is 6.42 Å². The molecule has 3 aromatic carbocycles. The van der Waals surface area contributed by atoms with Crippen molar-refractivity contribution in [1.29, 1.82) is 0 Å². The summed E-state index contributed by atoms with van der Waals surface area (Å²) < 4.78 is 0. The minimum atomic E-state index is 1.07. The van der Waals surface area contributed by atoms with Gasteiger partial charge in [0.2, 0.25) is 0 Å². The lowest BCUT2D eigenvalue weighted by atomic mass is 9.95. The molecular formula is C16H13. The van der Waals surface area contributed by atoms with Crippen molar-refractivity contribution in [2.24, 2.45) is 0 Å². The summed E-state index contributed by atoms with van der Waals surface area (Å²) in [5, 5.41) is 5.35. The first kappa shape index (κ1) is 9.41. The summed E-state index contributed by atoms with van der Waals surface area (Å²) in [5.41, 5.74) is 1.44. The van der Waals surface area contributed by atoms with Crippen LogP contribution >= 0.6 is 0 Å². The van der Waals surface area contributed by atoms with Gasteiger partial charge < -0.3 is 0 Å². The molecule has 0 N–H and O–H groups in total. The van der Waals surface area contributed by atoms with Crippen LogP contribution in [0.5, 0.6) is 0 Å². The zero-order valence-electron chi connectivity index (χ0n) is 9.33. The van der Waals surface area contributed by atoms with Gasteiger partial charge in [-0.25, -0.2) is 0 Å². The Morgan fingerprint density at radius 3 is 2.69 bits per heavy atom. The van der Waals surface area contributed by atoms with Crippen LogP contribution in [0.4, 0.5) is 0 Å². The molecule has 3 aromatic rings. The van der Waals surface area contributed by atoms with Gasteiger partial charge in [-0.2, -0.15) is 0 Å². The Morgan fingerprint density at radius 1 is 1.00 bits per heavy atom. The first-order valence-corrected chi connectivity index (χ1v) is 5.70. The lowest BCUT2D eigenvalue weighted by Gasteiger charge is -2.09. The molecule has 1 radical (unpaired) electrons. The molecule has 0 atom stereocenters. The maximum absolute atomic E-state index is 3.17. The van der Waals surface area contributed by atoms with E-state index in [1.807, 2.05) is 6.07 Å². The molecule has 0 spiro atoms. The average molecular weight is 205 g/mol. The highest BCUT2D eigenvalue weighted by Crippen LogP contribution is 2.28. The lowest BCUT2D eigenvalue weighted by Crippen LogP contribution is -1.87. The van der Waals surface area contributed by atoms with Crippen LogP contribution in [0.25, 0.3) is 21.5 Å². The SMILES string of the molecule is CCc1c2c[c]ccc2cc2ccccc12. The van der Waals surface area contributed by atoms with Gasteiger partial charge in [-0.1, -0.05) is 43.3 Å². The van der Waals surface area contributed by atoms with Crippen molar-refractivity contribution in [2.45, 2.75) is 13.3 Å². The summed E-state index contributed by atoms with van der Waals surface area (Å²) >= 11 is 0. The van der Waals surface area contributed by atoms with Crippen molar-refractivity contribution in [2.75, 3.05) is 0 Å². The predicted octanol–water partition coefficient (Wildman–Crippen LogP) is 4.36. The van der Waals surface area contributed by atoms with Gasteiger partial charge in [-0.05, 0) is 51.7 Å². The van der Waals surface area contributed by atoms with E-state index < -0.39 is 0 Å². The Balaban J connectivity index is 2.56. The summed E-state index contributed by atoms with van der Waals surface area (Å²) in [4.78, 5) is 0. The third-order valence-corrected chi connectivity index (χ3v) is 3.17. The maximum Gasteiger partial charge on any atom is -0.0139 e. The molecule has 3 rings (SSSR count). The van der Waals surface area contributed by atoms with Crippen molar-refractivity contribution in [3.05, 3.63) is 60.2 Å². The standard InChI is InChI=1S/C16H13/c1-2-14-15-9-5-3-7-12(15)11-13-8-4-6-10-16(13)14/h3-5,7-11H,2H2,1H3. The number of hydrogen-bond acceptors (Lipinski definition) is 0. The molecule has 0 aliphatic carbocycles. The summed E-state index contributed by atoms with van der Waals surface area (Å²) in [7, 11) is 0. The monoisotopic (exact) mass is 205 g/mol. The summed E-state index contributed by atoms with van der Waals surface area (Å²) in [6.07, 6.45) is 1.07. The highest BCUT2D eigenvalue weighted by atomic mass is 14.1. The molecule has 0 aromatic heterocycles. The molecule has 0 aliphatic rings. The van der Waals surface area contributed by atoms with Crippen molar-refractivity contribution in [1.82, 2.24) is 0 Å². The Bertz CT molecular complexity index is 596. The molecule has 0 saturated carbocycles. The summed E-state index contributed by atoms with van der Waals surface area (Å²) in [6, 6.07) is 20.3. The van der Waals surface area contributed by atoms with Gasteiger partial charge in [0.15, 0.2) is 0 Å². The predicted molar refractivity (Wildman–Crippen MR) is 69.7 cm³/mol. The summed E-state index contributed by atoms with van der Waals surface area (Å²) in [5.74, 6) is 0. The molecule has 0 fully saturated rings. The topological polar surface area (TPSA) is 0 Å². The fraction of sp³-hybridized carbons (Fsp3) is 0.125. The Labute approximate surface area is 95.5 Å². The van der Waals surface area contributed by atoms with Crippen molar-refractivity contribution < 1.29 is 0 Å². The van der Waals surface area contributed by atoms with E-state index in [0.29, 0.717) is 0 Å². The molecule has 0 unspecified atom stereocenters. The van der Waals surface area contributed by atoms with Crippen LogP contribution in [0.3, 0.4) is 0 Å². The maximum atomic E-state index is 3.17. The molecule has 0 amide bonds. The third kappa shape index (κ3) is 1.30. The van der Waals surface area contributed by atoms with Crippen LogP contribution < -0.4 is 0 Å². The van der Waals surface area contributed by atoms with Crippen LogP contribution in [0.1, 0.15) is 12.5 Å². The second-order valence-electron chi connectivity index (χ2n) is 4.08. The zero-order valence-corrected chi connectivity index (χ0v) is 9.33. The highest BCUT2D eigenvalue weighted by Gasteiger charge is 2.04. The van der Waals surface area contributed by atoms with E-state index in [9.17, 15) is 0 Å². The zero-order chi connectivity index (χ0) is 11.0. The normalized spacial score (nSPS) is 11.1. The molecule has 0 heteroatoms. The van der Waals surface area contributed by atoms with E-state index in [-0.39, 0.29) is 0 Å². The molecule has 77 valence electrons. The van der Waals surface area contributed by atoms with E-state index in [2.05, 4.69) is 55.5 Å². The Hall–Kier alpha value is -1.82. The van der Waals surface area contributed by atoms with Crippen LogP contribution in [-0.2, 0) is 6.42 Å². The Morgan fingerprint density at radius 2 is 1.81 bits per heavy atom. The van der Waals surface area contributed by atoms with Gasteiger partial charge >= 0.3 is 0 Å². The Kier molecular flexibility index (Phi) is 2.14. The largest absolute Gasteiger partial charge is 0.0616 e. The van der Waals surface area contributed by atoms with E-state index in [4.69, 9.17) is 0 Å². The van der Waals surface area contributed by atoms with Crippen LogP contribution in [0.2, 0.25) is 0 Å². The van der Waals surface area contributed by atoms with E-state index >= 15 is 0 Å². The van der Waals surface area contributed by atoms with Crippen molar-refractivity contribution >= 4 is 21.5 Å². The fourth-order valence-corrected chi connectivity index (χ4v) is 2.42. The van der Waals surface area contributed by atoms with Gasteiger partial charge in [0, 0.05) is 0 Å². The molecule has 0 saturated heterocycles. The van der Waals surface area contributed by atoms with Crippen LogP contribution in [0.15, 0.2) is 48.5 Å². The number of aryl methyl sites for hydroxylation is 1. The smallest absolute Gasteiger partial charge is 0.0139 e. The average Bonchev–Trinajstić information content (AvgIpc) is 2.36. The van der Waals surface area contributed by atoms with E-state index in [1.54, 1.807) is 0 Å². The minimum absolute atomic E-state index is 1.07. The number of fused-ring (bicyclic) bond motifs is 2. The van der Waals surface area contributed by atoms with Crippen LogP contribution in [-0.4, -0.2) is 0 Å². The molecule has 0 aliphatic heterocycles. The molecule has 0 heterocycles. The number of hydrogen-bond donors (Lipinski definition) is 0. The van der Waals surface area contributed by atoms with Crippen LogP contribution in [0, 0.1) is 6.07 Å². The first-order valence-electron chi connectivity index (χ1n) is 5.70. The molecule has 0 nitrogen and oxygen atoms in total. The van der Waals surface area contributed by atoms with Crippen molar-refractivity contribution in [3.63, 3.8) is 0 Å². The molecular weight excluding hydrogens is 192 g/mol. The van der Waals surface area contributed by atoms with Gasteiger partial charge in [-0.3, -0.25) is 0 Å². The van der Waals surface area contributed by atoms with Crippen molar-refractivity contribution in [3.8, 4) is 0 Å². The second-order valence-corrected chi connectivity index (χ2v) is 4.08. The third-order valence-electron chi connectivity index (χ3n) is 3.17. The highest BCUT2D eigenvalue weighted by molar-refractivity contribution is 6.02.